The second kappa shape index (κ2) is 11.5. The van der Waals surface area contributed by atoms with Crippen LogP contribution < -0.4 is 0 Å². The van der Waals surface area contributed by atoms with Crippen LogP contribution in [0, 0.1) is 0 Å². The van der Waals surface area contributed by atoms with Gasteiger partial charge in [-0.05, 0) is 11.1 Å². The maximum atomic E-state index is 11.7. The van der Waals surface area contributed by atoms with Gasteiger partial charge in [0.25, 0.3) is 20.2 Å². The van der Waals surface area contributed by atoms with Gasteiger partial charge in [0, 0.05) is 0 Å². The van der Waals surface area contributed by atoms with Crippen molar-refractivity contribution < 1.29 is 34.7 Å². The maximum absolute atomic E-state index is 11.7. The molecule has 2 rings (SSSR count). The molecule has 8 nitrogen and oxygen atoms in total. The zero-order valence-corrected chi connectivity index (χ0v) is 18.5. The van der Waals surface area contributed by atoms with Gasteiger partial charge < -0.3 is 9.47 Å². The van der Waals surface area contributed by atoms with Crippen molar-refractivity contribution >= 4 is 20.2 Å². The van der Waals surface area contributed by atoms with Crippen molar-refractivity contribution in [3.63, 3.8) is 0 Å². The van der Waals surface area contributed by atoms with E-state index < -0.39 is 32.4 Å². The molecule has 2 atom stereocenters. The van der Waals surface area contributed by atoms with Crippen LogP contribution in [0.5, 0.6) is 0 Å². The molecule has 0 aliphatic rings. The Morgan fingerprint density at radius 3 is 1.27 bits per heavy atom. The van der Waals surface area contributed by atoms with Crippen LogP contribution in [0.15, 0.2) is 60.7 Å². The number of hydrogen-bond donors (Lipinski definition) is 0. The first-order chi connectivity index (χ1) is 14.1. The first-order valence-electron chi connectivity index (χ1n) is 9.12. The Morgan fingerprint density at radius 1 is 0.633 bits per heavy atom. The molecule has 0 aromatic heterocycles. The van der Waals surface area contributed by atoms with Crippen molar-refractivity contribution in [2.24, 2.45) is 0 Å². The summed E-state index contributed by atoms with van der Waals surface area (Å²) in [5.74, 6) is 0. The summed E-state index contributed by atoms with van der Waals surface area (Å²) >= 11 is 0. The highest BCUT2D eigenvalue weighted by Crippen LogP contribution is 2.14. The van der Waals surface area contributed by atoms with E-state index in [9.17, 15) is 16.8 Å². The number of rotatable bonds is 13. The van der Waals surface area contributed by atoms with Gasteiger partial charge >= 0.3 is 0 Å². The van der Waals surface area contributed by atoms with E-state index in [0.29, 0.717) is 0 Å². The molecule has 0 aliphatic heterocycles. The van der Waals surface area contributed by atoms with E-state index in [0.717, 1.165) is 23.6 Å². The van der Waals surface area contributed by atoms with Gasteiger partial charge in [0.1, 0.15) is 12.2 Å². The van der Waals surface area contributed by atoms with Crippen molar-refractivity contribution in [2.45, 2.75) is 25.4 Å². The summed E-state index contributed by atoms with van der Waals surface area (Å²) in [7, 11) is -7.81. The van der Waals surface area contributed by atoms with Crippen LogP contribution in [-0.4, -0.2) is 54.8 Å². The lowest BCUT2D eigenvalue weighted by atomic mass is 10.2. The van der Waals surface area contributed by atoms with Crippen LogP contribution in [0.25, 0.3) is 0 Å². The number of hydrogen-bond acceptors (Lipinski definition) is 8. The third-order valence-corrected chi connectivity index (χ3v) is 4.99. The fraction of sp³-hybridized carbons (Fsp3) is 0.400. The SMILES string of the molecule is CS(=O)(=O)O[C@@H](COCc1ccccc1)[C@H](COCc1ccccc1)OS(C)(=O)=O. The summed E-state index contributed by atoms with van der Waals surface area (Å²) in [6, 6.07) is 18.5. The minimum absolute atomic E-state index is 0.195. The summed E-state index contributed by atoms with van der Waals surface area (Å²) in [6.45, 7) is -0.0322. The molecule has 0 fully saturated rings. The van der Waals surface area contributed by atoms with E-state index in [2.05, 4.69) is 0 Å². The molecule has 0 aliphatic carbocycles. The van der Waals surface area contributed by atoms with Crippen LogP contribution in [-0.2, 0) is 51.3 Å². The summed E-state index contributed by atoms with van der Waals surface area (Å²) in [5.41, 5.74) is 1.74. The molecule has 0 spiro atoms. The van der Waals surface area contributed by atoms with Crippen LogP contribution in [0.3, 0.4) is 0 Å². The lowest BCUT2D eigenvalue weighted by Gasteiger charge is -2.25. The highest BCUT2D eigenvalue weighted by molar-refractivity contribution is 7.86. The minimum Gasteiger partial charge on any atom is -0.374 e. The van der Waals surface area contributed by atoms with Gasteiger partial charge in [-0.15, -0.1) is 0 Å². The summed E-state index contributed by atoms with van der Waals surface area (Å²) in [6.07, 6.45) is -0.678. The Morgan fingerprint density at radius 2 is 0.967 bits per heavy atom. The minimum atomic E-state index is -3.91. The average Bonchev–Trinajstić information content (AvgIpc) is 2.66. The predicted octanol–water partition coefficient (Wildman–Crippen LogP) is 2.11. The summed E-state index contributed by atoms with van der Waals surface area (Å²) in [5, 5.41) is 0. The van der Waals surface area contributed by atoms with E-state index in [-0.39, 0.29) is 26.4 Å². The van der Waals surface area contributed by atoms with Crippen molar-refractivity contribution in [1.82, 2.24) is 0 Å². The molecule has 0 heterocycles. The maximum Gasteiger partial charge on any atom is 0.264 e. The van der Waals surface area contributed by atoms with Gasteiger partial charge in [-0.25, -0.2) is 0 Å². The molecular formula is C20H26O8S2. The van der Waals surface area contributed by atoms with Crippen LogP contribution in [0.4, 0.5) is 0 Å². The molecule has 2 aromatic rings. The number of ether oxygens (including phenoxy) is 2. The molecule has 0 saturated carbocycles. The molecule has 0 bridgehead atoms. The lowest BCUT2D eigenvalue weighted by Crippen LogP contribution is -2.41. The Kier molecular flexibility index (Phi) is 9.40. The zero-order valence-electron chi connectivity index (χ0n) is 16.8. The Bertz CT molecular complexity index is 879. The first kappa shape index (κ1) is 24.4. The van der Waals surface area contributed by atoms with Crippen LogP contribution in [0.2, 0.25) is 0 Å². The fourth-order valence-electron chi connectivity index (χ4n) is 2.58. The van der Waals surface area contributed by atoms with Crippen molar-refractivity contribution in [2.75, 3.05) is 25.7 Å². The summed E-state index contributed by atoms with van der Waals surface area (Å²) in [4.78, 5) is 0. The number of benzene rings is 2. The molecule has 0 amide bonds. The van der Waals surface area contributed by atoms with E-state index in [1.807, 2.05) is 60.7 Å². The third-order valence-electron chi connectivity index (χ3n) is 3.80. The van der Waals surface area contributed by atoms with Gasteiger partial charge in [0.15, 0.2) is 0 Å². The smallest absolute Gasteiger partial charge is 0.264 e. The second-order valence-electron chi connectivity index (χ2n) is 6.68. The predicted molar refractivity (Wildman–Crippen MR) is 112 cm³/mol. The Hall–Kier alpha value is -1.82. The largest absolute Gasteiger partial charge is 0.374 e. The average molecular weight is 459 g/mol. The van der Waals surface area contributed by atoms with Gasteiger partial charge in [-0.3, -0.25) is 8.37 Å². The van der Waals surface area contributed by atoms with E-state index >= 15 is 0 Å². The van der Waals surface area contributed by atoms with Gasteiger partial charge in [0.2, 0.25) is 0 Å². The normalized spacial score (nSPS) is 14.3. The van der Waals surface area contributed by atoms with Gasteiger partial charge in [0.05, 0.1) is 38.9 Å². The third kappa shape index (κ3) is 10.3. The highest BCUT2D eigenvalue weighted by atomic mass is 32.2. The van der Waals surface area contributed by atoms with Gasteiger partial charge in [-0.1, -0.05) is 60.7 Å². The van der Waals surface area contributed by atoms with E-state index in [4.69, 9.17) is 17.8 Å². The Labute approximate surface area is 178 Å². The molecule has 166 valence electrons. The van der Waals surface area contributed by atoms with Crippen molar-refractivity contribution in [1.29, 1.82) is 0 Å². The quantitative estimate of drug-likeness (QED) is 0.420. The van der Waals surface area contributed by atoms with E-state index in [1.165, 1.54) is 0 Å². The lowest BCUT2D eigenvalue weighted by molar-refractivity contribution is -0.0494. The molecule has 0 N–H and O–H groups in total. The molecule has 2 aromatic carbocycles. The molecule has 10 heteroatoms. The molecule has 30 heavy (non-hydrogen) atoms. The van der Waals surface area contributed by atoms with Crippen molar-refractivity contribution in [3.8, 4) is 0 Å². The van der Waals surface area contributed by atoms with E-state index in [1.54, 1.807) is 0 Å². The van der Waals surface area contributed by atoms with Gasteiger partial charge in [-0.2, -0.15) is 16.8 Å². The molecule has 0 radical (unpaired) electrons. The molecular weight excluding hydrogens is 432 g/mol. The second-order valence-corrected chi connectivity index (χ2v) is 9.88. The topological polar surface area (TPSA) is 105 Å². The monoisotopic (exact) mass is 458 g/mol. The fourth-order valence-corrected chi connectivity index (χ4v) is 3.83. The molecule has 0 saturated heterocycles. The molecule has 0 unspecified atom stereocenters. The first-order valence-corrected chi connectivity index (χ1v) is 12.8. The van der Waals surface area contributed by atoms with Crippen LogP contribution >= 0.6 is 0 Å². The summed E-state index contributed by atoms with van der Waals surface area (Å²) < 4.78 is 68.1. The standard InChI is InChI=1S/C20H26O8S2/c1-29(21,22)27-19(15-25-13-17-9-5-3-6-10-17)20(28-30(2,23)24)16-26-14-18-11-7-4-8-12-18/h3-12,19-20H,13-16H2,1-2H3/t19-,20-/m0/s1. The highest BCUT2D eigenvalue weighted by Gasteiger charge is 2.31. The zero-order chi connectivity index (χ0) is 22.0. The Balaban J connectivity index is 2.07. The van der Waals surface area contributed by atoms with Crippen molar-refractivity contribution in [3.05, 3.63) is 71.8 Å². The van der Waals surface area contributed by atoms with Crippen LogP contribution in [0.1, 0.15) is 11.1 Å².